The fourth-order valence-electron chi connectivity index (χ4n) is 4.05. The number of likely N-dealkylation sites (tertiary alicyclic amines) is 1. The smallest absolute Gasteiger partial charge is 0.270 e. The molecule has 0 bridgehead atoms. The van der Waals surface area contributed by atoms with E-state index >= 15 is 0 Å². The summed E-state index contributed by atoms with van der Waals surface area (Å²) < 4.78 is 0. The van der Waals surface area contributed by atoms with Crippen molar-refractivity contribution >= 4 is 11.6 Å². The van der Waals surface area contributed by atoms with Gasteiger partial charge in [-0.3, -0.25) is 14.7 Å². The topological polar surface area (TPSA) is 48.5 Å². The van der Waals surface area contributed by atoms with E-state index in [4.69, 9.17) is 0 Å². The highest BCUT2D eigenvalue weighted by molar-refractivity contribution is 5.93. The van der Waals surface area contributed by atoms with Crippen LogP contribution in [0, 0.1) is 0 Å². The predicted molar refractivity (Wildman–Crippen MR) is 108 cm³/mol. The van der Waals surface area contributed by atoms with Gasteiger partial charge in [-0.05, 0) is 62.0 Å². The van der Waals surface area contributed by atoms with Gasteiger partial charge in [0.2, 0.25) is 0 Å². The lowest BCUT2D eigenvalue weighted by atomic mass is 10.1. The third-order valence-corrected chi connectivity index (χ3v) is 5.60. The molecule has 5 heteroatoms. The van der Waals surface area contributed by atoms with Crippen LogP contribution in [-0.4, -0.2) is 42.0 Å². The first-order valence-corrected chi connectivity index (χ1v) is 10.1. The van der Waals surface area contributed by atoms with Gasteiger partial charge in [-0.1, -0.05) is 24.3 Å². The summed E-state index contributed by atoms with van der Waals surface area (Å²) in [6.07, 6.45) is 6.76. The van der Waals surface area contributed by atoms with Crippen LogP contribution in [0.4, 0.5) is 5.69 Å². The molecular formula is C22H28N4O. The monoisotopic (exact) mass is 364 g/mol. The summed E-state index contributed by atoms with van der Waals surface area (Å²) in [5, 5.41) is 3.06. The lowest BCUT2D eigenvalue weighted by Crippen LogP contribution is -2.26. The Labute approximate surface area is 161 Å². The minimum atomic E-state index is -0.105. The zero-order valence-electron chi connectivity index (χ0n) is 15.9. The second-order valence-corrected chi connectivity index (χ2v) is 7.53. The Hall–Kier alpha value is -2.40. The minimum absolute atomic E-state index is 0.105. The summed E-state index contributed by atoms with van der Waals surface area (Å²) in [5.41, 5.74) is 4.09. The van der Waals surface area contributed by atoms with Gasteiger partial charge in [0.25, 0.3) is 5.91 Å². The van der Waals surface area contributed by atoms with Gasteiger partial charge in [0.15, 0.2) is 0 Å². The van der Waals surface area contributed by atoms with Gasteiger partial charge >= 0.3 is 0 Å². The molecule has 1 aromatic heterocycles. The Morgan fingerprint density at radius 1 is 0.963 bits per heavy atom. The summed E-state index contributed by atoms with van der Waals surface area (Å²) in [4.78, 5) is 21.7. The second kappa shape index (κ2) is 8.53. The first-order valence-electron chi connectivity index (χ1n) is 10.1. The highest BCUT2D eigenvalue weighted by Crippen LogP contribution is 2.20. The average molecular weight is 364 g/mol. The molecule has 1 N–H and O–H groups in total. The molecule has 1 aromatic carbocycles. The van der Waals surface area contributed by atoms with E-state index in [2.05, 4.69) is 38.3 Å². The summed E-state index contributed by atoms with van der Waals surface area (Å²) in [6, 6.07) is 12.3. The number of rotatable bonds is 6. The van der Waals surface area contributed by atoms with E-state index in [9.17, 15) is 4.79 Å². The number of amides is 1. The molecule has 1 amide bonds. The maximum atomic E-state index is 12.6. The largest absolute Gasteiger partial charge is 0.371 e. The number of carbonyl (C=O) groups is 1. The fraction of sp³-hybridized carbons (Fsp3) is 0.455. The maximum Gasteiger partial charge on any atom is 0.270 e. The van der Waals surface area contributed by atoms with Crippen LogP contribution in [0.2, 0.25) is 0 Å². The molecule has 0 radical (unpaired) electrons. The Balaban J connectivity index is 1.40. The van der Waals surface area contributed by atoms with Crippen molar-refractivity contribution in [1.82, 2.24) is 15.2 Å². The molecule has 27 heavy (non-hydrogen) atoms. The fourth-order valence-corrected chi connectivity index (χ4v) is 4.05. The highest BCUT2D eigenvalue weighted by atomic mass is 16.1. The standard InChI is InChI=1S/C22H28N4O/c27-22(21-15-20(9-10-23-21)26-13-5-6-14-26)24-16-18-7-1-2-8-19(18)17-25-11-3-4-12-25/h1-2,7-10,15H,3-6,11-14,16-17H2,(H,24,27). The molecule has 2 aliphatic heterocycles. The molecule has 0 unspecified atom stereocenters. The normalized spacial score (nSPS) is 17.4. The van der Waals surface area contributed by atoms with Gasteiger partial charge in [0, 0.05) is 38.1 Å². The molecule has 142 valence electrons. The summed E-state index contributed by atoms with van der Waals surface area (Å²) in [6.45, 7) is 5.99. The lowest BCUT2D eigenvalue weighted by Gasteiger charge is -2.18. The number of aromatic nitrogens is 1. The molecule has 5 nitrogen and oxygen atoms in total. The molecular weight excluding hydrogens is 336 g/mol. The Bertz CT molecular complexity index is 779. The van der Waals surface area contributed by atoms with Crippen molar-refractivity contribution in [2.75, 3.05) is 31.1 Å². The minimum Gasteiger partial charge on any atom is -0.371 e. The van der Waals surface area contributed by atoms with Crippen molar-refractivity contribution in [2.24, 2.45) is 0 Å². The number of pyridine rings is 1. The number of anilines is 1. The van der Waals surface area contributed by atoms with Crippen LogP contribution in [0.25, 0.3) is 0 Å². The van der Waals surface area contributed by atoms with Crippen LogP contribution in [0.3, 0.4) is 0 Å². The van der Waals surface area contributed by atoms with Crippen molar-refractivity contribution in [1.29, 1.82) is 0 Å². The van der Waals surface area contributed by atoms with E-state index < -0.39 is 0 Å². The van der Waals surface area contributed by atoms with Gasteiger partial charge in [-0.2, -0.15) is 0 Å². The van der Waals surface area contributed by atoms with Crippen LogP contribution in [0.1, 0.15) is 47.3 Å². The number of benzene rings is 1. The number of hydrogen-bond donors (Lipinski definition) is 1. The van der Waals surface area contributed by atoms with Crippen LogP contribution in [-0.2, 0) is 13.1 Å². The Morgan fingerprint density at radius 2 is 1.67 bits per heavy atom. The van der Waals surface area contributed by atoms with Gasteiger partial charge < -0.3 is 10.2 Å². The molecule has 4 rings (SSSR count). The third-order valence-electron chi connectivity index (χ3n) is 5.60. The summed E-state index contributed by atoms with van der Waals surface area (Å²) in [7, 11) is 0. The SMILES string of the molecule is O=C(NCc1ccccc1CN1CCCC1)c1cc(N2CCCC2)ccn1. The number of carbonyl (C=O) groups excluding carboxylic acids is 1. The lowest BCUT2D eigenvalue weighted by molar-refractivity contribution is 0.0946. The maximum absolute atomic E-state index is 12.6. The summed E-state index contributed by atoms with van der Waals surface area (Å²) in [5.74, 6) is -0.105. The molecule has 2 aliphatic rings. The van der Waals surface area contributed by atoms with Crippen molar-refractivity contribution in [2.45, 2.75) is 38.8 Å². The molecule has 0 saturated carbocycles. The zero-order valence-corrected chi connectivity index (χ0v) is 15.9. The predicted octanol–water partition coefficient (Wildman–Crippen LogP) is 3.21. The van der Waals surface area contributed by atoms with Crippen molar-refractivity contribution in [3.05, 3.63) is 59.4 Å². The number of nitrogens with one attached hydrogen (secondary N) is 1. The molecule has 2 saturated heterocycles. The van der Waals surface area contributed by atoms with E-state index in [1.807, 2.05) is 18.2 Å². The van der Waals surface area contributed by atoms with E-state index in [1.54, 1.807) is 6.20 Å². The van der Waals surface area contributed by atoms with Crippen LogP contribution < -0.4 is 10.2 Å². The van der Waals surface area contributed by atoms with Crippen LogP contribution in [0.15, 0.2) is 42.6 Å². The van der Waals surface area contributed by atoms with E-state index in [-0.39, 0.29) is 5.91 Å². The number of nitrogens with zero attached hydrogens (tertiary/aromatic N) is 3. The number of hydrogen-bond acceptors (Lipinski definition) is 4. The van der Waals surface area contributed by atoms with E-state index in [0.717, 1.165) is 25.3 Å². The second-order valence-electron chi connectivity index (χ2n) is 7.53. The molecule has 0 spiro atoms. The van der Waals surface area contributed by atoms with E-state index in [0.29, 0.717) is 12.2 Å². The van der Waals surface area contributed by atoms with Gasteiger partial charge in [-0.15, -0.1) is 0 Å². The van der Waals surface area contributed by atoms with Gasteiger partial charge in [0.05, 0.1) is 0 Å². The van der Waals surface area contributed by atoms with Crippen molar-refractivity contribution in [3.8, 4) is 0 Å². The Kier molecular flexibility index (Phi) is 5.68. The van der Waals surface area contributed by atoms with Crippen LogP contribution in [0.5, 0.6) is 0 Å². The van der Waals surface area contributed by atoms with E-state index in [1.165, 1.54) is 49.9 Å². The van der Waals surface area contributed by atoms with Crippen LogP contribution >= 0.6 is 0 Å². The quantitative estimate of drug-likeness (QED) is 0.855. The molecule has 0 aliphatic carbocycles. The summed E-state index contributed by atoms with van der Waals surface area (Å²) >= 11 is 0. The van der Waals surface area contributed by atoms with Crippen molar-refractivity contribution in [3.63, 3.8) is 0 Å². The molecule has 3 heterocycles. The third kappa shape index (κ3) is 4.48. The first kappa shape index (κ1) is 18.0. The average Bonchev–Trinajstić information content (AvgIpc) is 3.41. The zero-order chi connectivity index (χ0) is 18.5. The van der Waals surface area contributed by atoms with Gasteiger partial charge in [-0.25, -0.2) is 0 Å². The molecule has 2 aromatic rings. The van der Waals surface area contributed by atoms with Gasteiger partial charge in [0.1, 0.15) is 5.69 Å². The molecule has 0 atom stereocenters. The Morgan fingerprint density at radius 3 is 2.44 bits per heavy atom. The van der Waals surface area contributed by atoms with Crippen molar-refractivity contribution < 1.29 is 4.79 Å². The highest BCUT2D eigenvalue weighted by Gasteiger charge is 2.16. The molecule has 2 fully saturated rings. The first-order chi connectivity index (χ1) is 13.3.